The number of halogens is 1. The summed E-state index contributed by atoms with van der Waals surface area (Å²) in [5, 5.41) is 4.34. The normalized spacial score (nSPS) is 23.2. The first-order chi connectivity index (χ1) is 21.8. The summed E-state index contributed by atoms with van der Waals surface area (Å²) < 4.78 is 13.2. The van der Waals surface area contributed by atoms with Crippen molar-refractivity contribution >= 4 is 29.1 Å². The fourth-order valence-corrected chi connectivity index (χ4v) is 6.78. The van der Waals surface area contributed by atoms with Gasteiger partial charge in [-0.15, -0.1) is 6.58 Å². The fourth-order valence-electron chi connectivity index (χ4n) is 6.60. The molecule has 4 aromatic rings. The van der Waals surface area contributed by atoms with Crippen LogP contribution in [0.2, 0.25) is 5.02 Å². The molecule has 1 saturated carbocycles. The maximum atomic E-state index is 11.8. The number of benzene rings is 1. The Morgan fingerprint density at radius 1 is 1.24 bits per heavy atom. The zero-order valence-corrected chi connectivity index (χ0v) is 26.4. The fraction of sp³-hybridized carbons (Fsp3) is 0.424. The number of nitrogens with two attached hydrogens (primary N) is 1. The second-order valence-corrected chi connectivity index (χ2v) is 12.4. The van der Waals surface area contributed by atoms with Gasteiger partial charge in [0.25, 0.3) is 0 Å². The van der Waals surface area contributed by atoms with Crippen molar-refractivity contribution < 1.29 is 9.26 Å². The van der Waals surface area contributed by atoms with E-state index in [0.717, 1.165) is 37.2 Å². The molecule has 4 heterocycles. The van der Waals surface area contributed by atoms with Crippen molar-refractivity contribution in [3.63, 3.8) is 0 Å². The van der Waals surface area contributed by atoms with E-state index in [1.807, 2.05) is 25.1 Å². The first kappa shape index (κ1) is 30.8. The van der Waals surface area contributed by atoms with Gasteiger partial charge in [-0.1, -0.05) is 53.2 Å². The van der Waals surface area contributed by atoms with Crippen molar-refractivity contribution in [1.29, 1.82) is 0 Å². The van der Waals surface area contributed by atoms with E-state index in [4.69, 9.17) is 36.6 Å². The molecule has 1 saturated heterocycles. The first-order valence-electron chi connectivity index (χ1n) is 15.5. The van der Waals surface area contributed by atoms with Gasteiger partial charge in [-0.2, -0.15) is 4.98 Å². The lowest BCUT2D eigenvalue weighted by atomic mass is 9.82. The number of allylic oxidation sites excluding steroid dienone is 1. The molecule has 3 unspecified atom stereocenters. The number of ether oxygens (including phenoxy) is 1. The predicted molar refractivity (Wildman–Crippen MR) is 175 cm³/mol. The van der Waals surface area contributed by atoms with Crippen molar-refractivity contribution in [3.05, 3.63) is 99.7 Å². The molecule has 45 heavy (non-hydrogen) atoms. The van der Waals surface area contributed by atoms with Crippen LogP contribution in [0.1, 0.15) is 74.3 Å². The van der Waals surface area contributed by atoms with Gasteiger partial charge >= 0.3 is 5.76 Å². The molecule has 1 aromatic carbocycles. The largest absolute Gasteiger partial charge is 0.438 e. The predicted octanol–water partition coefficient (Wildman–Crippen LogP) is 5.75. The number of pyridine rings is 1. The number of anilines is 2. The molecule has 12 heteroatoms. The molecule has 6 rings (SSSR count). The van der Waals surface area contributed by atoms with Gasteiger partial charge in [0.2, 0.25) is 5.95 Å². The lowest BCUT2D eigenvalue weighted by molar-refractivity contribution is 0.0221. The van der Waals surface area contributed by atoms with Crippen LogP contribution in [0.3, 0.4) is 0 Å². The molecule has 0 bridgehead atoms. The van der Waals surface area contributed by atoms with E-state index in [0.29, 0.717) is 65.2 Å². The number of aliphatic imine (C=N–C) groups is 1. The maximum Gasteiger partial charge on any atom is 0.438 e. The van der Waals surface area contributed by atoms with Crippen molar-refractivity contribution in [2.75, 3.05) is 23.8 Å². The highest BCUT2D eigenvalue weighted by molar-refractivity contribution is 6.31. The Bertz CT molecular complexity index is 1710. The Morgan fingerprint density at radius 2 is 2.02 bits per heavy atom. The molecule has 2 aliphatic rings. The Morgan fingerprint density at radius 3 is 2.71 bits per heavy atom. The van der Waals surface area contributed by atoms with Gasteiger partial charge in [-0.3, -0.25) is 19.5 Å². The molecule has 0 amide bonds. The molecule has 11 nitrogen and oxygen atoms in total. The summed E-state index contributed by atoms with van der Waals surface area (Å²) in [5.41, 5.74) is 9.92. The number of nitrogens with zero attached hydrogens (tertiary/aromatic N) is 6. The van der Waals surface area contributed by atoms with Crippen molar-refractivity contribution in [2.45, 2.75) is 64.3 Å². The van der Waals surface area contributed by atoms with Crippen molar-refractivity contribution in [3.8, 4) is 0 Å². The molecular weight excluding hydrogens is 592 g/mol. The van der Waals surface area contributed by atoms with Crippen LogP contribution >= 0.6 is 11.6 Å². The number of imidazole rings is 1. The molecule has 0 spiro atoms. The number of aromatic nitrogens is 5. The number of aromatic amines is 1. The van der Waals surface area contributed by atoms with Crippen LogP contribution in [-0.4, -0.2) is 49.6 Å². The molecule has 3 N–H and O–H groups in total. The van der Waals surface area contributed by atoms with E-state index >= 15 is 0 Å². The van der Waals surface area contributed by atoms with E-state index in [2.05, 4.69) is 56.3 Å². The summed E-state index contributed by atoms with van der Waals surface area (Å²) in [6.07, 6.45) is 9.61. The number of nitrogen functional groups attached to an aromatic ring is 1. The minimum absolute atomic E-state index is 0.0720. The van der Waals surface area contributed by atoms with Crippen LogP contribution in [0.15, 0.2) is 75.8 Å². The Labute approximate surface area is 267 Å². The summed E-state index contributed by atoms with van der Waals surface area (Å²) in [5.74, 6) is 1.71. The zero-order chi connectivity index (χ0) is 31.5. The van der Waals surface area contributed by atoms with E-state index < -0.39 is 11.8 Å². The van der Waals surface area contributed by atoms with Crippen LogP contribution < -0.4 is 16.4 Å². The molecular formula is C33H39ClN8O3. The lowest BCUT2D eigenvalue weighted by Crippen LogP contribution is -2.45. The van der Waals surface area contributed by atoms with Crippen molar-refractivity contribution in [2.24, 2.45) is 16.8 Å². The van der Waals surface area contributed by atoms with Crippen LogP contribution in [0.4, 0.5) is 11.8 Å². The van der Waals surface area contributed by atoms with Gasteiger partial charge in [0.1, 0.15) is 11.7 Å². The first-order valence-corrected chi connectivity index (χ1v) is 15.9. The minimum atomic E-state index is -0.645. The van der Waals surface area contributed by atoms with Gasteiger partial charge in [0, 0.05) is 31.0 Å². The molecule has 236 valence electrons. The number of hydrogen-bond acceptors (Lipinski definition) is 9. The van der Waals surface area contributed by atoms with E-state index in [-0.39, 0.29) is 12.1 Å². The summed E-state index contributed by atoms with van der Waals surface area (Å²) >= 11 is 6.45. The van der Waals surface area contributed by atoms with Gasteiger partial charge in [-0.25, -0.2) is 4.79 Å². The topological polar surface area (TPSA) is 140 Å². The highest BCUT2D eigenvalue weighted by Crippen LogP contribution is 2.38. The molecule has 3 atom stereocenters. The standard InChI is InChI=1S/C33H39ClN8O3/c1-4-22-10-12-23(13-11-22)19-42-29(27(25-16-26(34)18-36-17-25)37-20(2)31-39-33(43)45-40-31)30(35)38-32(42)41-14-15-44-21(3)28(41)24-8-6-5-7-9-24/h4-9,16-18,20-23,28H,1,10-15,19,35H2,2-3H3,(H,39,40,43). The van der Waals surface area contributed by atoms with Crippen LogP contribution in [0.5, 0.6) is 0 Å². The number of nitrogens with one attached hydrogen (secondary N) is 1. The Balaban J connectivity index is 1.52. The minimum Gasteiger partial charge on any atom is -0.382 e. The molecule has 2 fully saturated rings. The quantitative estimate of drug-likeness (QED) is 0.176. The number of hydrogen-bond donors (Lipinski definition) is 2. The van der Waals surface area contributed by atoms with E-state index in [9.17, 15) is 4.79 Å². The zero-order valence-electron chi connectivity index (χ0n) is 25.6. The Hall–Kier alpha value is -4.22. The van der Waals surface area contributed by atoms with Crippen LogP contribution in [-0.2, 0) is 11.3 Å². The average molecular weight is 631 g/mol. The monoisotopic (exact) mass is 630 g/mol. The third-order valence-electron chi connectivity index (χ3n) is 8.91. The van der Waals surface area contributed by atoms with Crippen LogP contribution in [0, 0.1) is 11.8 Å². The van der Waals surface area contributed by atoms with E-state index in [1.165, 1.54) is 0 Å². The summed E-state index contributed by atoms with van der Waals surface area (Å²) in [7, 11) is 0. The Kier molecular flexibility index (Phi) is 9.18. The average Bonchev–Trinajstić information content (AvgIpc) is 3.63. The number of rotatable bonds is 9. The second-order valence-electron chi connectivity index (χ2n) is 11.9. The van der Waals surface area contributed by atoms with Gasteiger partial charge < -0.3 is 19.9 Å². The molecule has 3 aromatic heterocycles. The molecule has 1 aliphatic heterocycles. The highest BCUT2D eigenvalue weighted by Gasteiger charge is 2.36. The highest BCUT2D eigenvalue weighted by atomic mass is 35.5. The van der Waals surface area contributed by atoms with Crippen molar-refractivity contribution in [1.82, 2.24) is 24.7 Å². The lowest BCUT2D eigenvalue weighted by Gasteiger charge is -2.41. The maximum absolute atomic E-state index is 11.8. The smallest absolute Gasteiger partial charge is 0.382 e. The summed E-state index contributed by atoms with van der Waals surface area (Å²) in [6.45, 7) is 9.87. The van der Waals surface area contributed by atoms with Crippen LogP contribution in [0.25, 0.3) is 0 Å². The van der Waals surface area contributed by atoms with Gasteiger partial charge in [-0.05, 0) is 63.0 Å². The summed E-state index contributed by atoms with van der Waals surface area (Å²) in [6, 6.07) is 11.5. The molecule has 1 aliphatic carbocycles. The third-order valence-corrected chi connectivity index (χ3v) is 9.12. The van der Waals surface area contributed by atoms with Gasteiger partial charge in [0.15, 0.2) is 11.6 Å². The third kappa shape index (κ3) is 6.60. The van der Waals surface area contributed by atoms with Gasteiger partial charge in [0.05, 0.1) is 29.5 Å². The number of morpholine rings is 1. The molecule has 0 radical (unpaired) electrons. The van der Waals surface area contributed by atoms with E-state index in [1.54, 1.807) is 18.5 Å². The SMILES string of the molecule is C=CC1CCC(Cn2c(N3CCOC(C)C3c3ccccc3)nc(N)c2C(=NC(C)c2noc(=O)[nH]2)c2cncc(Cl)c2)CC1. The summed E-state index contributed by atoms with van der Waals surface area (Å²) in [4.78, 5) is 31.2. The number of H-pyrrole nitrogens is 1. The second kappa shape index (κ2) is 13.4.